The summed E-state index contributed by atoms with van der Waals surface area (Å²) in [7, 11) is 2.17. The van der Waals surface area contributed by atoms with Gasteiger partial charge >= 0.3 is 12.1 Å². The first-order valence-corrected chi connectivity index (χ1v) is 11.1. The van der Waals surface area contributed by atoms with E-state index in [4.69, 9.17) is 9.84 Å². The van der Waals surface area contributed by atoms with Crippen molar-refractivity contribution in [2.45, 2.75) is 63.1 Å². The minimum absolute atomic E-state index is 0.0485. The van der Waals surface area contributed by atoms with Crippen molar-refractivity contribution in [3.63, 3.8) is 0 Å². The molecule has 0 aliphatic carbocycles. The van der Waals surface area contributed by atoms with Gasteiger partial charge in [-0.1, -0.05) is 42.5 Å². The average Bonchev–Trinajstić information content (AvgIpc) is 2.95. The van der Waals surface area contributed by atoms with Crippen molar-refractivity contribution in [1.82, 2.24) is 4.90 Å². The third kappa shape index (κ3) is 5.25. The van der Waals surface area contributed by atoms with Crippen LogP contribution >= 0.6 is 0 Å². The minimum Gasteiger partial charge on any atom is -0.481 e. The van der Waals surface area contributed by atoms with Crippen molar-refractivity contribution in [3.8, 4) is 11.1 Å². The number of carbonyl (C=O) groups excluding carboxylic acids is 1. The quantitative estimate of drug-likeness (QED) is 0.661. The fourth-order valence-corrected chi connectivity index (χ4v) is 4.91. The van der Waals surface area contributed by atoms with Crippen LogP contribution in [0.3, 0.4) is 0 Å². The summed E-state index contributed by atoms with van der Waals surface area (Å²) in [5.41, 5.74) is 3.61. The van der Waals surface area contributed by atoms with E-state index in [0.717, 1.165) is 29.5 Å². The summed E-state index contributed by atoms with van der Waals surface area (Å²) in [6.07, 6.45) is 5.00. The van der Waals surface area contributed by atoms with Gasteiger partial charge in [0.2, 0.25) is 0 Å². The highest BCUT2D eigenvalue weighted by molar-refractivity contribution is 5.91. The van der Waals surface area contributed by atoms with Crippen molar-refractivity contribution in [2.24, 2.45) is 0 Å². The van der Waals surface area contributed by atoms with Gasteiger partial charge in [0.05, 0.1) is 5.69 Å². The van der Waals surface area contributed by atoms with E-state index in [0.29, 0.717) is 30.6 Å². The summed E-state index contributed by atoms with van der Waals surface area (Å²) in [6.45, 7) is 0. The minimum atomic E-state index is -0.796. The molecule has 2 N–H and O–H groups in total. The number of hydrogen-bond donors (Lipinski definition) is 2. The Balaban J connectivity index is 1.47. The topological polar surface area (TPSA) is 78.9 Å². The number of hydrogen-bond acceptors (Lipinski definition) is 4. The number of ether oxygens (including phenoxy) is 1. The Morgan fingerprint density at radius 2 is 1.81 bits per heavy atom. The van der Waals surface area contributed by atoms with Crippen LogP contribution in [0, 0.1) is 0 Å². The lowest BCUT2D eigenvalue weighted by Crippen LogP contribution is -2.43. The zero-order chi connectivity index (χ0) is 21.8. The van der Waals surface area contributed by atoms with E-state index >= 15 is 0 Å². The molecule has 2 aromatic carbocycles. The van der Waals surface area contributed by atoms with Gasteiger partial charge < -0.3 is 14.7 Å². The molecule has 6 nitrogen and oxygen atoms in total. The Labute approximate surface area is 183 Å². The molecule has 0 aromatic heterocycles. The maximum Gasteiger partial charge on any atom is 0.411 e. The second kappa shape index (κ2) is 9.52. The standard InChI is InChI=1S/C25H30N2O4/c1-27-19-11-12-20(27)16-21(15-19)31-25(30)26-23-14-17(6-5-9-24(28)29)10-13-22(23)18-7-3-2-4-8-18/h2-4,7-8,10,13-14,19-21H,5-6,9,11-12,15-16H2,1H3,(H,26,30)(H,28,29)/t19-,20-/m1/s1. The molecule has 0 spiro atoms. The molecule has 0 unspecified atom stereocenters. The van der Waals surface area contributed by atoms with Gasteiger partial charge in [0.25, 0.3) is 0 Å². The number of fused-ring (bicyclic) bond motifs is 2. The van der Waals surface area contributed by atoms with Crippen molar-refractivity contribution >= 4 is 17.7 Å². The second-order valence-corrected chi connectivity index (χ2v) is 8.67. The molecular weight excluding hydrogens is 392 g/mol. The number of nitrogens with one attached hydrogen (secondary N) is 1. The molecule has 2 aliphatic heterocycles. The van der Waals surface area contributed by atoms with E-state index in [9.17, 15) is 9.59 Å². The Morgan fingerprint density at radius 3 is 2.48 bits per heavy atom. The molecular formula is C25H30N2O4. The molecule has 2 fully saturated rings. The van der Waals surface area contributed by atoms with E-state index in [2.05, 4.69) is 17.3 Å². The van der Waals surface area contributed by atoms with E-state index in [1.54, 1.807) is 0 Å². The van der Waals surface area contributed by atoms with Crippen LogP contribution in [0.5, 0.6) is 0 Å². The lowest BCUT2D eigenvalue weighted by atomic mass is 9.99. The van der Waals surface area contributed by atoms with Gasteiger partial charge in [-0.15, -0.1) is 0 Å². The molecule has 0 radical (unpaired) electrons. The summed E-state index contributed by atoms with van der Waals surface area (Å²) in [5.74, 6) is -0.796. The monoisotopic (exact) mass is 422 g/mol. The number of amides is 1. The van der Waals surface area contributed by atoms with Gasteiger partial charge in [0.1, 0.15) is 6.10 Å². The maximum absolute atomic E-state index is 12.8. The van der Waals surface area contributed by atoms with Gasteiger partial charge in [-0.3, -0.25) is 10.1 Å². The highest BCUT2D eigenvalue weighted by Gasteiger charge is 2.39. The van der Waals surface area contributed by atoms with Crippen molar-refractivity contribution in [3.05, 3.63) is 54.1 Å². The van der Waals surface area contributed by atoms with E-state index in [-0.39, 0.29) is 12.5 Å². The normalized spacial score (nSPS) is 22.8. The van der Waals surface area contributed by atoms with Crippen LogP contribution in [0.1, 0.15) is 44.1 Å². The number of carbonyl (C=O) groups is 2. The zero-order valence-corrected chi connectivity index (χ0v) is 17.9. The van der Waals surface area contributed by atoms with Crippen molar-refractivity contribution in [2.75, 3.05) is 12.4 Å². The first-order valence-electron chi connectivity index (χ1n) is 11.1. The van der Waals surface area contributed by atoms with Crippen LogP contribution < -0.4 is 5.32 Å². The SMILES string of the molecule is CN1[C@@H]2CC[C@@H]1CC(OC(=O)Nc1cc(CCCC(=O)O)ccc1-c1ccccc1)C2. The van der Waals surface area contributed by atoms with E-state index in [1.807, 2.05) is 48.5 Å². The van der Waals surface area contributed by atoms with Gasteiger partial charge in [-0.05, 0) is 49.9 Å². The van der Waals surface area contributed by atoms with Gasteiger partial charge in [-0.2, -0.15) is 0 Å². The Kier molecular flexibility index (Phi) is 6.56. The molecule has 2 atom stereocenters. The number of benzene rings is 2. The molecule has 31 heavy (non-hydrogen) atoms. The van der Waals surface area contributed by atoms with Crippen LogP contribution in [0.25, 0.3) is 11.1 Å². The van der Waals surface area contributed by atoms with Crippen molar-refractivity contribution in [1.29, 1.82) is 0 Å². The lowest BCUT2D eigenvalue weighted by molar-refractivity contribution is -0.137. The van der Waals surface area contributed by atoms with Crippen LogP contribution in [0.15, 0.2) is 48.5 Å². The molecule has 2 aliphatic rings. The Bertz CT molecular complexity index is 916. The number of carboxylic acids is 1. The summed E-state index contributed by atoms with van der Waals surface area (Å²) in [4.78, 5) is 26.0. The second-order valence-electron chi connectivity index (χ2n) is 8.67. The fraction of sp³-hybridized carbons (Fsp3) is 0.440. The summed E-state index contributed by atoms with van der Waals surface area (Å²) in [5, 5.41) is 11.9. The smallest absolute Gasteiger partial charge is 0.411 e. The summed E-state index contributed by atoms with van der Waals surface area (Å²) >= 11 is 0. The van der Waals surface area contributed by atoms with E-state index < -0.39 is 12.1 Å². The molecule has 2 heterocycles. The number of aliphatic carboxylic acids is 1. The molecule has 2 saturated heterocycles. The predicted molar refractivity (Wildman–Crippen MR) is 120 cm³/mol. The summed E-state index contributed by atoms with van der Waals surface area (Å²) < 4.78 is 5.81. The van der Waals surface area contributed by atoms with Crippen LogP contribution in [-0.2, 0) is 16.0 Å². The number of aryl methyl sites for hydroxylation is 1. The highest BCUT2D eigenvalue weighted by atomic mass is 16.6. The molecule has 2 aromatic rings. The first kappa shape index (κ1) is 21.4. The van der Waals surface area contributed by atoms with Gasteiger partial charge in [0, 0.05) is 36.9 Å². The summed E-state index contributed by atoms with van der Waals surface area (Å²) in [6, 6.07) is 16.8. The molecule has 0 saturated carbocycles. The molecule has 4 rings (SSSR count). The first-order chi connectivity index (χ1) is 15.0. The third-order valence-corrected chi connectivity index (χ3v) is 6.59. The zero-order valence-electron chi connectivity index (χ0n) is 17.9. The van der Waals surface area contributed by atoms with Gasteiger partial charge in [0.15, 0.2) is 0 Å². The maximum atomic E-state index is 12.8. The third-order valence-electron chi connectivity index (χ3n) is 6.59. The van der Waals surface area contributed by atoms with Crippen LogP contribution in [0.4, 0.5) is 10.5 Å². The van der Waals surface area contributed by atoms with Crippen LogP contribution in [0.2, 0.25) is 0 Å². The molecule has 1 amide bonds. The van der Waals surface area contributed by atoms with Gasteiger partial charge in [-0.25, -0.2) is 4.79 Å². The number of anilines is 1. The fourth-order valence-electron chi connectivity index (χ4n) is 4.91. The Morgan fingerprint density at radius 1 is 1.10 bits per heavy atom. The number of rotatable bonds is 7. The number of piperidine rings is 1. The average molecular weight is 423 g/mol. The van der Waals surface area contributed by atoms with Crippen LogP contribution in [-0.4, -0.2) is 47.3 Å². The van der Waals surface area contributed by atoms with Crippen molar-refractivity contribution < 1.29 is 19.4 Å². The largest absolute Gasteiger partial charge is 0.481 e. The Hall–Kier alpha value is -2.86. The number of carboxylic acid groups (broad SMARTS) is 1. The highest BCUT2D eigenvalue weighted by Crippen LogP contribution is 2.36. The lowest BCUT2D eigenvalue weighted by Gasteiger charge is -2.35. The van der Waals surface area contributed by atoms with E-state index in [1.165, 1.54) is 12.8 Å². The molecule has 164 valence electrons. The number of nitrogens with zero attached hydrogens (tertiary/aromatic N) is 1. The predicted octanol–water partition coefficient (Wildman–Crippen LogP) is 4.93. The molecule has 6 heteroatoms. The molecule has 2 bridgehead atoms.